The zero-order chi connectivity index (χ0) is 11.3. The van der Waals surface area contributed by atoms with Gasteiger partial charge in [0.05, 0.1) is 0 Å². The minimum absolute atomic E-state index is 0. The van der Waals surface area contributed by atoms with Crippen LogP contribution in [0, 0.1) is 6.92 Å². The van der Waals surface area contributed by atoms with Crippen molar-refractivity contribution in [2.45, 2.75) is 45.6 Å². The Morgan fingerprint density at radius 1 is 1.31 bits per heavy atom. The van der Waals surface area contributed by atoms with Crippen molar-refractivity contribution < 1.29 is 0 Å². The zero-order valence-corrected chi connectivity index (χ0v) is 11.6. The number of aryl methyl sites for hydroxylation is 1. The fourth-order valence-electron chi connectivity index (χ4n) is 1.82. The molecular weight excluding hydrogens is 241 g/mol. The maximum atomic E-state index is 6.14. The van der Waals surface area contributed by atoms with Gasteiger partial charge in [-0.3, -0.25) is 0 Å². The molecule has 1 aromatic carbocycles. The summed E-state index contributed by atoms with van der Waals surface area (Å²) in [5, 5.41) is 0.789. The van der Waals surface area contributed by atoms with Gasteiger partial charge in [0.1, 0.15) is 0 Å². The number of hydrogen-bond donors (Lipinski definition) is 1. The van der Waals surface area contributed by atoms with Crippen LogP contribution in [0.3, 0.4) is 0 Å². The van der Waals surface area contributed by atoms with Gasteiger partial charge in [-0.25, -0.2) is 0 Å². The Kier molecular flexibility index (Phi) is 7.82. The second-order valence-corrected chi connectivity index (χ2v) is 4.54. The van der Waals surface area contributed by atoms with Gasteiger partial charge < -0.3 is 5.73 Å². The average molecular weight is 262 g/mol. The molecule has 2 N–H and O–H groups in total. The molecule has 0 aliphatic heterocycles. The summed E-state index contributed by atoms with van der Waals surface area (Å²) in [6.07, 6.45) is 4.78. The first-order chi connectivity index (χ1) is 7.15. The first-order valence-electron chi connectivity index (χ1n) is 5.66. The van der Waals surface area contributed by atoms with Gasteiger partial charge in [0, 0.05) is 11.1 Å². The largest absolute Gasteiger partial charge is 0.324 e. The molecule has 0 aliphatic rings. The Labute approximate surface area is 110 Å². The van der Waals surface area contributed by atoms with Gasteiger partial charge >= 0.3 is 0 Å². The van der Waals surface area contributed by atoms with E-state index in [1.807, 2.05) is 18.2 Å². The molecule has 92 valence electrons. The lowest BCUT2D eigenvalue weighted by Gasteiger charge is -2.14. The highest BCUT2D eigenvalue weighted by atomic mass is 35.5. The molecule has 0 radical (unpaired) electrons. The van der Waals surface area contributed by atoms with Gasteiger partial charge in [0.25, 0.3) is 0 Å². The van der Waals surface area contributed by atoms with Crippen LogP contribution in [0.2, 0.25) is 5.02 Å². The number of nitrogens with two attached hydrogens (primary N) is 1. The quantitative estimate of drug-likeness (QED) is 0.768. The van der Waals surface area contributed by atoms with E-state index in [2.05, 4.69) is 13.8 Å². The Morgan fingerprint density at radius 3 is 2.56 bits per heavy atom. The monoisotopic (exact) mass is 261 g/mol. The van der Waals surface area contributed by atoms with Crippen LogP contribution in [0.25, 0.3) is 0 Å². The Bertz CT molecular complexity index is 313. The number of benzene rings is 1. The maximum absolute atomic E-state index is 6.14. The fraction of sp³-hybridized carbons (Fsp3) is 0.538. The highest BCUT2D eigenvalue weighted by molar-refractivity contribution is 6.30. The van der Waals surface area contributed by atoms with Crippen LogP contribution in [0.5, 0.6) is 0 Å². The van der Waals surface area contributed by atoms with Crippen LogP contribution in [-0.2, 0) is 0 Å². The normalized spacial score (nSPS) is 12.0. The lowest BCUT2D eigenvalue weighted by atomic mass is 9.97. The van der Waals surface area contributed by atoms with Gasteiger partial charge in [-0.15, -0.1) is 12.4 Å². The standard InChI is InChI=1S/C13H20ClN.ClH/c1-3-4-5-6-13(15)12-8-7-11(14)9-10(12)2;/h7-9,13H,3-6,15H2,1-2H3;1H/t13-;/m0./s1. The third-order valence-electron chi connectivity index (χ3n) is 2.75. The summed E-state index contributed by atoms with van der Waals surface area (Å²) in [5.74, 6) is 0. The minimum atomic E-state index is 0. The molecule has 0 bridgehead atoms. The minimum Gasteiger partial charge on any atom is -0.324 e. The van der Waals surface area contributed by atoms with E-state index in [0.717, 1.165) is 11.4 Å². The van der Waals surface area contributed by atoms with Crippen LogP contribution in [0.4, 0.5) is 0 Å². The SMILES string of the molecule is CCCCC[C@H](N)c1ccc(Cl)cc1C.Cl. The smallest absolute Gasteiger partial charge is 0.0408 e. The second kappa shape index (κ2) is 7.94. The first-order valence-corrected chi connectivity index (χ1v) is 6.04. The van der Waals surface area contributed by atoms with E-state index in [4.69, 9.17) is 17.3 Å². The van der Waals surface area contributed by atoms with Gasteiger partial charge in [0.2, 0.25) is 0 Å². The summed E-state index contributed by atoms with van der Waals surface area (Å²) in [6, 6.07) is 6.11. The van der Waals surface area contributed by atoms with E-state index in [1.165, 1.54) is 30.4 Å². The summed E-state index contributed by atoms with van der Waals surface area (Å²) in [7, 11) is 0. The molecule has 0 aliphatic carbocycles. The molecule has 0 unspecified atom stereocenters. The molecule has 0 fully saturated rings. The van der Waals surface area contributed by atoms with Crippen LogP contribution in [0.15, 0.2) is 18.2 Å². The number of unbranched alkanes of at least 4 members (excludes halogenated alkanes) is 2. The molecule has 16 heavy (non-hydrogen) atoms. The molecule has 0 spiro atoms. The predicted molar refractivity (Wildman–Crippen MR) is 74.5 cm³/mol. The summed E-state index contributed by atoms with van der Waals surface area (Å²) < 4.78 is 0. The number of hydrogen-bond acceptors (Lipinski definition) is 1. The van der Waals surface area contributed by atoms with E-state index in [9.17, 15) is 0 Å². The van der Waals surface area contributed by atoms with Gasteiger partial charge in [-0.2, -0.15) is 0 Å². The molecule has 0 saturated carbocycles. The predicted octanol–water partition coefficient (Wildman–Crippen LogP) is 4.65. The van der Waals surface area contributed by atoms with Crippen LogP contribution in [0.1, 0.15) is 49.8 Å². The molecule has 1 atom stereocenters. The lowest BCUT2D eigenvalue weighted by Crippen LogP contribution is -2.11. The highest BCUT2D eigenvalue weighted by Gasteiger charge is 2.08. The van der Waals surface area contributed by atoms with Crippen LogP contribution >= 0.6 is 24.0 Å². The lowest BCUT2D eigenvalue weighted by molar-refractivity contribution is 0.579. The number of rotatable bonds is 5. The molecule has 1 rings (SSSR count). The van der Waals surface area contributed by atoms with Crippen LogP contribution in [-0.4, -0.2) is 0 Å². The molecule has 1 aromatic rings. The first kappa shape index (κ1) is 15.8. The molecule has 0 saturated heterocycles. The molecule has 0 amide bonds. The summed E-state index contributed by atoms with van der Waals surface area (Å²) in [6.45, 7) is 4.28. The highest BCUT2D eigenvalue weighted by Crippen LogP contribution is 2.23. The van der Waals surface area contributed by atoms with Crippen molar-refractivity contribution in [1.82, 2.24) is 0 Å². The maximum Gasteiger partial charge on any atom is 0.0408 e. The molecule has 0 aromatic heterocycles. The van der Waals surface area contributed by atoms with E-state index in [-0.39, 0.29) is 18.4 Å². The van der Waals surface area contributed by atoms with E-state index >= 15 is 0 Å². The van der Waals surface area contributed by atoms with E-state index in [1.54, 1.807) is 0 Å². The molecular formula is C13H21Cl2N. The molecule has 3 heteroatoms. The van der Waals surface area contributed by atoms with E-state index in [0.29, 0.717) is 0 Å². The van der Waals surface area contributed by atoms with Gasteiger partial charge in [-0.1, -0.05) is 43.9 Å². The Morgan fingerprint density at radius 2 is 2.00 bits per heavy atom. The van der Waals surface area contributed by atoms with Crippen molar-refractivity contribution in [2.24, 2.45) is 5.73 Å². The Balaban J connectivity index is 0.00000225. The average Bonchev–Trinajstić information content (AvgIpc) is 2.17. The van der Waals surface area contributed by atoms with Gasteiger partial charge in [-0.05, 0) is 36.6 Å². The molecule has 1 nitrogen and oxygen atoms in total. The third kappa shape index (κ3) is 4.73. The summed E-state index contributed by atoms with van der Waals surface area (Å²) in [5.41, 5.74) is 8.58. The van der Waals surface area contributed by atoms with Crippen molar-refractivity contribution >= 4 is 24.0 Å². The van der Waals surface area contributed by atoms with Crippen molar-refractivity contribution in [2.75, 3.05) is 0 Å². The number of halogens is 2. The topological polar surface area (TPSA) is 26.0 Å². The van der Waals surface area contributed by atoms with E-state index < -0.39 is 0 Å². The third-order valence-corrected chi connectivity index (χ3v) is 2.99. The zero-order valence-electron chi connectivity index (χ0n) is 10.0. The van der Waals surface area contributed by atoms with Gasteiger partial charge in [0.15, 0.2) is 0 Å². The Hall–Kier alpha value is -0.240. The van der Waals surface area contributed by atoms with Crippen LogP contribution < -0.4 is 5.73 Å². The summed E-state index contributed by atoms with van der Waals surface area (Å²) in [4.78, 5) is 0. The molecule has 0 heterocycles. The van der Waals surface area contributed by atoms with Crippen molar-refractivity contribution in [3.63, 3.8) is 0 Å². The van der Waals surface area contributed by atoms with Crippen molar-refractivity contribution in [3.05, 3.63) is 34.3 Å². The fourth-order valence-corrected chi connectivity index (χ4v) is 2.05. The van der Waals surface area contributed by atoms with Crippen molar-refractivity contribution in [1.29, 1.82) is 0 Å². The summed E-state index contributed by atoms with van der Waals surface area (Å²) >= 11 is 5.91. The van der Waals surface area contributed by atoms with Crippen molar-refractivity contribution in [3.8, 4) is 0 Å². The second-order valence-electron chi connectivity index (χ2n) is 4.10.